The Balaban J connectivity index is 2.12. The summed E-state index contributed by atoms with van der Waals surface area (Å²) in [5.74, 6) is -1.52. The van der Waals surface area contributed by atoms with Gasteiger partial charge >= 0.3 is 6.61 Å². The molecule has 34 heavy (non-hydrogen) atoms. The molecule has 0 aliphatic heterocycles. The lowest BCUT2D eigenvalue weighted by molar-refractivity contribution is -0.0534. The van der Waals surface area contributed by atoms with Crippen LogP contribution in [0.5, 0.6) is 17.5 Å². The van der Waals surface area contributed by atoms with E-state index in [1.54, 1.807) is 0 Å². The number of fused-ring (bicyclic) bond motifs is 1. The predicted molar refractivity (Wildman–Crippen MR) is 116 cm³/mol. The highest BCUT2D eigenvalue weighted by Gasteiger charge is 2.27. The van der Waals surface area contributed by atoms with Crippen LogP contribution in [-0.2, 0) is 10.0 Å². The van der Waals surface area contributed by atoms with Crippen molar-refractivity contribution in [3.05, 3.63) is 41.9 Å². The van der Waals surface area contributed by atoms with Gasteiger partial charge in [0.05, 0.1) is 36.6 Å². The summed E-state index contributed by atoms with van der Waals surface area (Å²) < 4.78 is 66.4. The van der Waals surface area contributed by atoms with Crippen molar-refractivity contribution in [1.29, 1.82) is 0 Å². The largest absolute Gasteiger partial charge is 0.478 e. The van der Waals surface area contributed by atoms with E-state index in [0.717, 1.165) is 6.20 Å². The van der Waals surface area contributed by atoms with E-state index in [1.165, 1.54) is 49.5 Å². The summed E-state index contributed by atoms with van der Waals surface area (Å²) in [5.41, 5.74) is 0.829. The Morgan fingerprint density at radius 3 is 2.32 bits per heavy atom. The Morgan fingerprint density at radius 2 is 1.79 bits per heavy atom. The second-order valence-electron chi connectivity index (χ2n) is 6.57. The number of nitrogens with zero attached hydrogens (tertiary/aromatic N) is 5. The Bertz CT molecular complexity index is 1460. The van der Waals surface area contributed by atoms with Crippen LogP contribution in [0.3, 0.4) is 0 Å². The molecule has 0 bridgehead atoms. The fourth-order valence-corrected chi connectivity index (χ4v) is 4.27. The van der Waals surface area contributed by atoms with Crippen molar-refractivity contribution in [2.75, 3.05) is 14.2 Å². The SMILES string of the molecule is COc1nc(-n2cc(S(N)(=O)=O)c3ccc(Cl)c(-c4cnccn4)c32)nc(OC)c1OC(F)F. The molecule has 15 heteroatoms. The zero-order chi connectivity index (χ0) is 24.6. The van der Waals surface area contributed by atoms with Gasteiger partial charge in [-0.15, -0.1) is 0 Å². The fourth-order valence-electron chi connectivity index (χ4n) is 3.30. The van der Waals surface area contributed by atoms with Gasteiger partial charge in [0, 0.05) is 29.5 Å². The molecule has 0 unspecified atom stereocenters. The molecule has 4 aromatic rings. The number of hydrogen-bond donors (Lipinski definition) is 1. The molecule has 3 heterocycles. The molecule has 2 N–H and O–H groups in total. The first kappa shape index (κ1) is 23.5. The summed E-state index contributed by atoms with van der Waals surface area (Å²) in [7, 11) is -1.87. The van der Waals surface area contributed by atoms with E-state index < -0.39 is 22.4 Å². The first-order chi connectivity index (χ1) is 16.2. The lowest BCUT2D eigenvalue weighted by atomic mass is 10.1. The van der Waals surface area contributed by atoms with Crippen molar-refractivity contribution in [3.63, 3.8) is 0 Å². The summed E-state index contributed by atoms with van der Waals surface area (Å²) in [4.78, 5) is 16.2. The van der Waals surface area contributed by atoms with Crippen molar-refractivity contribution in [2.24, 2.45) is 5.14 Å². The highest BCUT2D eigenvalue weighted by molar-refractivity contribution is 7.89. The lowest BCUT2D eigenvalue weighted by Gasteiger charge is -2.15. The third-order valence-electron chi connectivity index (χ3n) is 4.61. The van der Waals surface area contributed by atoms with Gasteiger partial charge in [-0.05, 0) is 12.1 Å². The fraction of sp³-hybridized carbons (Fsp3) is 0.158. The summed E-state index contributed by atoms with van der Waals surface area (Å²) in [6, 6.07) is 2.94. The Morgan fingerprint density at radius 1 is 1.12 bits per heavy atom. The number of alkyl halides is 2. The monoisotopic (exact) mass is 512 g/mol. The van der Waals surface area contributed by atoms with Gasteiger partial charge in [-0.2, -0.15) is 18.7 Å². The number of aromatic nitrogens is 5. The maximum Gasteiger partial charge on any atom is 0.387 e. The summed E-state index contributed by atoms with van der Waals surface area (Å²) in [5, 5.41) is 5.83. The molecule has 0 saturated carbocycles. The van der Waals surface area contributed by atoms with Gasteiger partial charge in [0.15, 0.2) is 0 Å². The number of halogens is 3. The number of sulfonamides is 1. The minimum atomic E-state index is -4.23. The molecule has 178 valence electrons. The second-order valence-corrected chi connectivity index (χ2v) is 8.50. The zero-order valence-corrected chi connectivity index (χ0v) is 19.0. The first-order valence-corrected chi connectivity index (χ1v) is 11.2. The smallest absolute Gasteiger partial charge is 0.387 e. The van der Waals surface area contributed by atoms with Crippen LogP contribution in [0.25, 0.3) is 28.1 Å². The number of methoxy groups -OCH3 is 2. The van der Waals surface area contributed by atoms with Gasteiger partial charge in [-0.25, -0.2) is 13.6 Å². The van der Waals surface area contributed by atoms with Gasteiger partial charge < -0.3 is 14.2 Å². The number of nitrogens with two attached hydrogens (primary N) is 1. The lowest BCUT2D eigenvalue weighted by Crippen LogP contribution is -2.12. The number of benzene rings is 1. The molecule has 0 aliphatic carbocycles. The molecule has 0 radical (unpaired) electrons. The van der Waals surface area contributed by atoms with Crippen LogP contribution in [0, 0.1) is 0 Å². The van der Waals surface area contributed by atoms with Crippen molar-refractivity contribution in [3.8, 4) is 34.7 Å². The Kier molecular flexibility index (Phi) is 6.20. The van der Waals surface area contributed by atoms with Gasteiger partial charge in [-0.3, -0.25) is 14.5 Å². The second kappa shape index (κ2) is 8.96. The van der Waals surface area contributed by atoms with Crippen molar-refractivity contribution in [1.82, 2.24) is 24.5 Å². The van der Waals surface area contributed by atoms with E-state index in [9.17, 15) is 17.2 Å². The van der Waals surface area contributed by atoms with Crippen LogP contribution in [0.2, 0.25) is 5.02 Å². The van der Waals surface area contributed by atoms with Crippen LogP contribution in [0.4, 0.5) is 8.78 Å². The van der Waals surface area contributed by atoms with Crippen molar-refractivity contribution in [2.45, 2.75) is 11.5 Å². The van der Waals surface area contributed by atoms with Crippen LogP contribution in [0.15, 0.2) is 41.8 Å². The van der Waals surface area contributed by atoms with Crippen molar-refractivity contribution >= 4 is 32.5 Å². The number of hydrogen-bond acceptors (Lipinski definition) is 9. The van der Waals surface area contributed by atoms with E-state index in [2.05, 4.69) is 24.7 Å². The van der Waals surface area contributed by atoms with Gasteiger partial charge in [0.25, 0.3) is 11.8 Å². The minimum absolute atomic E-state index is 0.182. The van der Waals surface area contributed by atoms with Gasteiger partial charge in [-0.1, -0.05) is 11.6 Å². The standard InChI is InChI=1S/C19H15ClF2N6O5S/c1-31-16-15(33-18(21)22)17(32-2)27-19(26-16)28-8-12(34(23,29)30)9-3-4-10(20)13(14(9)28)11-7-24-5-6-25-11/h3-8,18H,1-2H3,(H2,23,29,30). The third-order valence-corrected chi connectivity index (χ3v) is 5.86. The maximum atomic E-state index is 12.9. The molecular weight excluding hydrogens is 498 g/mol. The molecule has 0 spiro atoms. The average molecular weight is 513 g/mol. The van der Waals surface area contributed by atoms with E-state index in [-0.39, 0.29) is 38.5 Å². The van der Waals surface area contributed by atoms with E-state index >= 15 is 0 Å². The van der Waals surface area contributed by atoms with E-state index in [0.29, 0.717) is 11.3 Å². The number of primary sulfonamides is 1. The molecule has 4 rings (SSSR count). The van der Waals surface area contributed by atoms with E-state index in [4.69, 9.17) is 26.2 Å². The highest BCUT2D eigenvalue weighted by atomic mass is 35.5. The molecule has 0 saturated heterocycles. The van der Waals surface area contributed by atoms with Crippen LogP contribution < -0.4 is 19.3 Å². The number of ether oxygens (including phenoxy) is 3. The third kappa shape index (κ3) is 4.18. The van der Waals surface area contributed by atoms with E-state index in [1.807, 2.05) is 0 Å². The topological polar surface area (TPSA) is 144 Å². The van der Waals surface area contributed by atoms with Crippen LogP contribution >= 0.6 is 11.6 Å². The summed E-state index contributed by atoms with van der Waals surface area (Å²) in [6.07, 6.45) is 5.47. The molecule has 0 aliphatic rings. The maximum absolute atomic E-state index is 12.9. The predicted octanol–water partition coefficient (Wildman–Crippen LogP) is 2.80. The molecule has 0 atom stereocenters. The van der Waals surface area contributed by atoms with Crippen LogP contribution in [-0.4, -0.2) is 53.8 Å². The van der Waals surface area contributed by atoms with Crippen LogP contribution in [0.1, 0.15) is 0 Å². The molecule has 11 nitrogen and oxygen atoms in total. The quantitative estimate of drug-likeness (QED) is 0.395. The molecule has 1 aromatic carbocycles. The normalized spacial score (nSPS) is 11.7. The van der Waals surface area contributed by atoms with Gasteiger partial charge in [0.2, 0.25) is 21.7 Å². The minimum Gasteiger partial charge on any atom is -0.478 e. The van der Waals surface area contributed by atoms with Gasteiger partial charge in [0.1, 0.15) is 4.90 Å². The molecule has 3 aromatic heterocycles. The Labute approximate surface area is 196 Å². The summed E-state index contributed by atoms with van der Waals surface area (Å²) >= 11 is 6.46. The van der Waals surface area contributed by atoms with Crippen molar-refractivity contribution < 1.29 is 31.4 Å². The molecule has 0 amide bonds. The molecular formula is C19H15ClF2N6O5S. The highest BCUT2D eigenvalue weighted by Crippen LogP contribution is 2.40. The molecule has 0 fully saturated rings. The average Bonchev–Trinajstić information content (AvgIpc) is 3.19. The summed E-state index contributed by atoms with van der Waals surface area (Å²) in [6.45, 7) is -3.21. The number of rotatable bonds is 7. The first-order valence-electron chi connectivity index (χ1n) is 9.23. The Hall–Kier alpha value is -3.62. The zero-order valence-electron chi connectivity index (χ0n) is 17.4.